The lowest BCUT2D eigenvalue weighted by atomic mass is 9.73. The first-order valence-electron chi connectivity index (χ1n) is 7.97. The monoisotopic (exact) mass is 359 g/mol. The highest BCUT2D eigenvalue weighted by atomic mass is 35.5. The molecule has 0 unspecified atom stereocenters. The number of amidine groups is 1. The maximum atomic E-state index is 13.0. The van der Waals surface area contributed by atoms with E-state index in [-0.39, 0.29) is 10.6 Å². The number of nitrogens with zero attached hydrogens (tertiary/aromatic N) is 2. The van der Waals surface area contributed by atoms with Gasteiger partial charge in [-0.2, -0.15) is 13.2 Å². The average molecular weight is 360 g/mol. The minimum absolute atomic E-state index is 0.312. The van der Waals surface area contributed by atoms with E-state index in [1.165, 1.54) is 12.1 Å². The summed E-state index contributed by atoms with van der Waals surface area (Å²) in [5, 5.41) is 6.75. The van der Waals surface area contributed by atoms with Crippen molar-refractivity contribution < 1.29 is 18.0 Å². The molecule has 1 atom stereocenters. The molecule has 1 N–H and O–H groups in total. The number of hydrogen-bond acceptors (Lipinski definition) is 4. The maximum Gasteiger partial charge on any atom is 0.417 e. The third-order valence-electron chi connectivity index (χ3n) is 5.19. The van der Waals surface area contributed by atoms with Crippen molar-refractivity contribution in [1.29, 1.82) is 0 Å². The van der Waals surface area contributed by atoms with Crippen LogP contribution in [-0.2, 0) is 11.0 Å². The van der Waals surface area contributed by atoms with Gasteiger partial charge >= 0.3 is 6.18 Å². The van der Waals surface area contributed by atoms with Crippen LogP contribution in [0.15, 0.2) is 23.4 Å². The zero-order valence-corrected chi connectivity index (χ0v) is 13.6. The second-order valence-electron chi connectivity index (χ2n) is 6.74. The van der Waals surface area contributed by atoms with E-state index in [0.717, 1.165) is 38.5 Å². The second-order valence-corrected chi connectivity index (χ2v) is 7.15. The highest BCUT2D eigenvalue weighted by Gasteiger charge is 2.52. The molecule has 4 aliphatic heterocycles. The lowest BCUT2D eigenvalue weighted by molar-refractivity contribution is -0.137. The van der Waals surface area contributed by atoms with Gasteiger partial charge in [0.05, 0.1) is 17.0 Å². The molecule has 1 aromatic carbocycles. The Hall–Kier alpha value is -1.47. The van der Waals surface area contributed by atoms with Crippen LogP contribution in [0.25, 0.3) is 0 Å². The number of hydrogen-bond donors (Lipinski definition) is 1. The van der Waals surface area contributed by atoms with Gasteiger partial charge in [-0.1, -0.05) is 16.8 Å². The third-order valence-corrected chi connectivity index (χ3v) is 5.52. The topological polar surface area (TPSA) is 36.9 Å². The smallest absolute Gasteiger partial charge is 0.386 e. The van der Waals surface area contributed by atoms with Crippen LogP contribution in [0.4, 0.5) is 18.9 Å². The molecule has 0 saturated carbocycles. The van der Waals surface area contributed by atoms with Crippen molar-refractivity contribution in [2.45, 2.75) is 31.0 Å². The second kappa shape index (κ2) is 5.52. The number of nitrogens with one attached hydrogen (secondary N) is 1. The van der Waals surface area contributed by atoms with E-state index in [1.807, 2.05) is 0 Å². The van der Waals surface area contributed by atoms with E-state index >= 15 is 0 Å². The van der Waals surface area contributed by atoms with Crippen molar-refractivity contribution in [3.63, 3.8) is 0 Å². The lowest BCUT2D eigenvalue weighted by Crippen LogP contribution is -2.59. The predicted octanol–water partition coefficient (Wildman–Crippen LogP) is 3.97. The van der Waals surface area contributed by atoms with Crippen LogP contribution in [0, 0.1) is 5.92 Å². The normalized spacial score (nSPS) is 31.9. The number of anilines is 1. The Bertz CT molecular complexity index is 686. The van der Waals surface area contributed by atoms with E-state index in [1.54, 1.807) is 0 Å². The Labute approximate surface area is 142 Å². The van der Waals surface area contributed by atoms with Crippen LogP contribution in [0.2, 0.25) is 5.02 Å². The molecule has 0 radical (unpaired) electrons. The lowest BCUT2D eigenvalue weighted by Gasteiger charge is -2.49. The molecule has 24 heavy (non-hydrogen) atoms. The highest BCUT2D eigenvalue weighted by Crippen LogP contribution is 2.43. The van der Waals surface area contributed by atoms with Crippen LogP contribution >= 0.6 is 11.6 Å². The largest absolute Gasteiger partial charge is 0.417 e. The third kappa shape index (κ3) is 2.73. The Kier molecular flexibility index (Phi) is 3.69. The molecular formula is C16H17ClF3N3O. The minimum atomic E-state index is -4.49. The van der Waals surface area contributed by atoms with Crippen molar-refractivity contribution in [1.82, 2.24) is 4.90 Å². The SMILES string of the molecule is FC(F)(F)c1cc(NC2=NO[C@@]3(C2)CN2CCC3CC2)ccc1Cl. The van der Waals surface area contributed by atoms with Crippen LogP contribution in [0.3, 0.4) is 0 Å². The molecule has 1 spiro atoms. The van der Waals surface area contributed by atoms with E-state index in [0.29, 0.717) is 23.9 Å². The van der Waals surface area contributed by atoms with Crippen molar-refractivity contribution in [3.8, 4) is 0 Å². The quantitative estimate of drug-likeness (QED) is 0.824. The molecule has 5 rings (SSSR count). The number of piperidine rings is 3. The Morgan fingerprint density at radius 2 is 2.04 bits per heavy atom. The van der Waals surface area contributed by atoms with Gasteiger partial charge in [-0.05, 0) is 44.1 Å². The number of alkyl halides is 3. The molecule has 8 heteroatoms. The molecule has 0 amide bonds. The summed E-state index contributed by atoms with van der Waals surface area (Å²) in [5.41, 5.74) is -0.864. The van der Waals surface area contributed by atoms with Gasteiger partial charge < -0.3 is 10.2 Å². The summed E-state index contributed by atoms with van der Waals surface area (Å²) in [4.78, 5) is 8.12. The van der Waals surface area contributed by atoms with Gasteiger partial charge in [0.15, 0.2) is 11.4 Å². The van der Waals surface area contributed by atoms with E-state index in [9.17, 15) is 13.2 Å². The van der Waals surface area contributed by atoms with Gasteiger partial charge in [0.25, 0.3) is 0 Å². The molecular weight excluding hydrogens is 343 g/mol. The summed E-state index contributed by atoms with van der Waals surface area (Å²) in [6.07, 6.45) is -1.72. The zero-order valence-electron chi connectivity index (χ0n) is 12.9. The fourth-order valence-corrected chi connectivity index (χ4v) is 4.20. The molecule has 4 heterocycles. The number of fused-ring (bicyclic) bond motifs is 2. The van der Waals surface area contributed by atoms with Crippen molar-refractivity contribution in [2.24, 2.45) is 11.1 Å². The fourth-order valence-electron chi connectivity index (χ4n) is 3.98. The molecule has 2 bridgehead atoms. The highest BCUT2D eigenvalue weighted by molar-refractivity contribution is 6.31. The Balaban J connectivity index is 1.49. The molecule has 0 aliphatic carbocycles. The van der Waals surface area contributed by atoms with Crippen molar-refractivity contribution in [2.75, 3.05) is 25.0 Å². The van der Waals surface area contributed by atoms with Gasteiger partial charge in [-0.25, -0.2) is 0 Å². The van der Waals surface area contributed by atoms with Crippen molar-refractivity contribution in [3.05, 3.63) is 28.8 Å². The van der Waals surface area contributed by atoms with Crippen LogP contribution in [-0.4, -0.2) is 36.0 Å². The Morgan fingerprint density at radius 3 is 2.67 bits per heavy atom. The van der Waals surface area contributed by atoms with E-state index < -0.39 is 11.7 Å². The molecule has 4 nitrogen and oxygen atoms in total. The Morgan fingerprint density at radius 1 is 1.29 bits per heavy atom. The molecule has 3 fully saturated rings. The van der Waals surface area contributed by atoms with Crippen LogP contribution in [0.5, 0.6) is 0 Å². The summed E-state index contributed by atoms with van der Waals surface area (Å²) < 4.78 is 38.9. The first-order chi connectivity index (χ1) is 11.4. The summed E-state index contributed by atoms with van der Waals surface area (Å²) in [6, 6.07) is 3.76. The van der Waals surface area contributed by atoms with Crippen molar-refractivity contribution >= 4 is 23.1 Å². The molecule has 0 aromatic heterocycles. The number of halogens is 4. The summed E-state index contributed by atoms with van der Waals surface area (Å²) in [7, 11) is 0. The first kappa shape index (κ1) is 16.0. The molecule has 4 aliphatic rings. The maximum absolute atomic E-state index is 13.0. The van der Waals surface area contributed by atoms with Crippen LogP contribution in [0.1, 0.15) is 24.8 Å². The molecule has 1 aromatic rings. The van der Waals surface area contributed by atoms with Crippen LogP contribution < -0.4 is 5.32 Å². The van der Waals surface area contributed by atoms with E-state index in [2.05, 4.69) is 15.4 Å². The number of oxime groups is 1. The first-order valence-corrected chi connectivity index (χ1v) is 8.35. The minimum Gasteiger partial charge on any atom is -0.386 e. The summed E-state index contributed by atoms with van der Waals surface area (Å²) in [5.74, 6) is 1.03. The number of benzene rings is 1. The molecule has 3 saturated heterocycles. The standard InChI is InChI=1S/C16H17ClF3N3O/c17-13-2-1-11(7-12(13)16(18,19)20)21-14-8-15(24-22-14)9-23-5-3-10(15)4-6-23/h1-2,7,10H,3-6,8-9H2,(H,21,22)/t15-/m0/s1. The summed E-state index contributed by atoms with van der Waals surface area (Å²) >= 11 is 5.65. The summed E-state index contributed by atoms with van der Waals surface area (Å²) in [6.45, 7) is 3.01. The van der Waals surface area contributed by atoms with E-state index in [4.69, 9.17) is 16.4 Å². The fraction of sp³-hybridized carbons (Fsp3) is 0.562. The van der Waals surface area contributed by atoms with Gasteiger partial charge in [-0.3, -0.25) is 4.90 Å². The van der Waals surface area contributed by atoms with Gasteiger partial charge in [-0.15, -0.1) is 0 Å². The zero-order chi connectivity index (χ0) is 16.9. The van der Waals surface area contributed by atoms with Gasteiger partial charge in [0.1, 0.15) is 0 Å². The predicted molar refractivity (Wildman–Crippen MR) is 85.1 cm³/mol. The van der Waals surface area contributed by atoms with Gasteiger partial charge in [0.2, 0.25) is 0 Å². The average Bonchev–Trinajstić information content (AvgIpc) is 2.91. The molecule has 130 valence electrons. The van der Waals surface area contributed by atoms with Gasteiger partial charge in [0, 0.05) is 18.2 Å². The number of rotatable bonds is 1.